The third kappa shape index (κ3) is 1.41. The zero-order valence-corrected chi connectivity index (χ0v) is 10.2. The predicted octanol–water partition coefficient (Wildman–Crippen LogP) is 0.631. The van der Waals surface area contributed by atoms with Gasteiger partial charge in [-0.15, -0.1) is 0 Å². The quantitative estimate of drug-likeness (QED) is 0.739. The van der Waals surface area contributed by atoms with Crippen LogP contribution < -0.4 is 5.56 Å². The summed E-state index contributed by atoms with van der Waals surface area (Å²) >= 11 is -0.600. The first-order valence-electron chi connectivity index (χ1n) is 4.71. The molecule has 2 heterocycles. The fourth-order valence-corrected chi connectivity index (χ4v) is 2.39. The molecule has 0 bridgehead atoms. The number of aromatic nitrogens is 3. The molecule has 0 saturated carbocycles. The lowest BCUT2D eigenvalue weighted by Gasteiger charge is -2.11. The maximum Gasteiger partial charge on any atom is 0.300 e. The van der Waals surface area contributed by atoms with Gasteiger partial charge in [0.05, 0.1) is 11.8 Å². The number of hydrogen-bond acceptors (Lipinski definition) is 3. The molecule has 0 fully saturated rings. The second kappa shape index (κ2) is 3.68. The van der Waals surface area contributed by atoms with E-state index >= 15 is 0 Å². The van der Waals surface area contributed by atoms with Crippen LogP contribution in [0.5, 0.6) is 0 Å². The molecule has 16 heavy (non-hydrogen) atoms. The standard InChI is InChI=1S/C10H12N4OS/c1-13-6-7(4-11)8-5-12-14(16(2)3)10(15)9(8)13/h5-6,16H,1-3H3. The first kappa shape index (κ1) is 10.8. The lowest BCUT2D eigenvalue weighted by Crippen LogP contribution is -2.21. The highest BCUT2D eigenvalue weighted by molar-refractivity contribution is 8.14. The molecule has 0 atom stereocenters. The van der Waals surface area contributed by atoms with Crippen LogP contribution in [-0.4, -0.2) is 26.3 Å². The van der Waals surface area contributed by atoms with E-state index in [-0.39, 0.29) is 5.56 Å². The smallest absolute Gasteiger partial charge is 0.300 e. The third-order valence-corrected chi connectivity index (χ3v) is 3.44. The Morgan fingerprint density at radius 3 is 2.75 bits per heavy atom. The normalized spacial score (nSPS) is 11.5. The Morgan fingerprint density at radius 2 is 2.19 bits per heavy atom. The fraction of sp³-hybridized carbons (Fsp3) is 0.300. The second-order valence-corrected chi connectivity index (χ2v) is 5.79. The predicted molar refractivity (Wildman–Crippen MR) is 65.9 cm³/mol. The van der Waals surface area contributed by atoms with E-state index in [0.717, 1.165) is 0 Å². The summed E-state index contributed by atoms with van der Waals surface area (Å²) in [4.78, 5) is 12.1. The van der Waals surface area contributed by atoms with Gasteiger partial charge < -0.3 is 4.57 Å². The number of aryl methyl sites for hydroxylation is 1. The Hall–Kier alpha value is -1.74. The van der Waals surface area contributed by atoms with E-state index < -0.39 is 11.1 Å². The van der Waals surface area contributed by atoms with Gasteiger partial charge in [-0.05, 0) is 12.5 Å². The van der Waals surface area contributed by atoms with Crippen LogP contribution >= 0.6 is 11.1 Å². The molecular weight excluding hydrogens is 224 g/mol. The summed E-state index contributed by atoms with van der Waals surface area (Å²) in [6.45, 7) is 0. The Balaban J connectivity index is 2.92. The first-order chi connectivity index (χ1) is 7.56. The third-order valence-electron chi connectivity index (χ3n) is 2.40. The minimum absolute atomic E-state index is 0.127. The molecule has 0 aliphatic rings. The molecule has 0 aliphatic carbocycles. The van der Waals surface area contributed by atoms with Crippen molar-refractivity contribution >= 4 is 22.0 Å². The number of thiol groups is 1. The van der Waals surface area contributed by atoms with Gasteiger partial charge in [-0.3, -0.25) is 4.79 Å². The van der Waals surface area contributed by atoms with Gasteiger partial charge in [0.15, 0.2) is 0 Å². The molecule has 2 aromatic rings. The van der Waals surface area contributed by atoms with Crippen LogP contribution in [0.3, 0.4) is 0 Å². The van der Waals surface area contributed by atoms with Gasteiger partial charge in [0, 0.05) is 18.6 Å². The number of nitrogens with zero attached hydrogens (tertiary/aromatic N) is 4. The summed E-state index contributed by atoms with van der Waals surface area (Å²) in [6.07, 6.45) is 7.18. The summed E-state index contributed by atoms with van der Waals surface area (Å²) in [5, 5.41) is 13.6. The van der Waals surface area contributed by atoms with E-state index in [1.54, 1.807) is 24.0 Å². The van der Waals surface area contributed by atoms with E-state index in [4.69, 9.17) is 5.26 Å². The van der Waals surface area contributed by atoms with Crippen molar-refractivity contribution in [1.82, 2.24) is 13.8 Å². The van der Waals surface area contributed by atoms with Crippen molar-refractivity contribution in [3.8, 4) is 6.07 Å². The molecule has 0 unspecified atom stereocenters. The Labute approximate surface area is 95.4 Å². The summed E-state index contributed by atoms with van der Waals surface area (Å²) in [6, 6.07) is 2.06. The number of fused-ring (bicyclic) bond motifs is 1. The Kier molecular flexibility index (Phi) is 2.48. The Bertz CT molecular complexity index is 647. The van der Waals surface area contributed by atoms with Gasteiger partial charge in [0.25, 0.3) is 5.56 Å². The maximum atomic E-state index is 12.1. The molecule has 0 spiro atoms. The summed E-state index contributed by atoms with van der Waals surface area (Å²) < 4.78 is 3.17. The average molecular weight is 236 g/mol. The molecule has 2 aromatic heterocycles. The minimum Gasteiger partial charge on any atom is -0.345 e. The lowest BCUT2D eigenvalue weighted by molar-refractivity contribution is 0.897. The van der Waals surface area contributed by atoms with Crippen molar-refractivity contribution in [1.29, 1.82) is 5.26 Å². The summed E-state index contributed by atoms with van der Waals surface area (Å²) in [5.41, 5.74) is 0.908. The molecule has 0 amide bonds. The molecule has 5 nitrogen and oxygen atoms in total. The largest absolute Gasteiger partial charge is 0.345 e. The van der Waals surface area contributed by atoms with Crippen LogP contribution in [0.25, 0.3) is 10.9 Å². The van der Waals surface area contributed by atoms with Gasteiger partial charge in [0.2, 0.25) is 0 Å². The minimum atomic E-state index is -0.600. The van der Waals surface area contributed by atoms with Crippen molar-refractivity contribution in [2.45, 2.75) is 0 Å². The zero-order valence-electron chi connectivity index (χ0n) is 9.30. The maximum absolute atomic E-state index is 12.1. The molecule has 0 N–H and O–H groups in total. The fourth-order valence-electron chi connectivity index (χ4n) is 1.68. The van der Waals surface area contributed by atoms with Crippen LogP contribution in [0.15, 0.2) is 17.2 Å². The Morgan fingerprint density at radius 1 is 1.50 bits per heavy atom. The first-order valence-corrected chi connectivity index (χ1v) is 6.90. The van der Waals surface area contributed by atoms with Crippen LogP contribution in [0.2, 0.25) is 0 Å². The van der Waals surface area contributed by atoms with Crippen LogP contribution in [0.1, 0.15) is 5.56 Å². The van der Waals surface area contributed by atoms with Gasteiger partial charge in [-0.2, -0.15) is 25.5 Å². The number of rotatable bonds is 1. The van der Waals surface area contributed by atoms with Crippen LogP contribution in [0.4, 0.5) is 0 Å². The zero-order chi connectivity index (χ0) is 11.9. The van der Waals surface area contributed by atoms with Gasteiger partial charge in [0.1, 0.15) is 11.6 Å². The number of hydrogen-bond donors (Lipinski definition) is 1. The highest BCUT2D eigenvalue weighted by Crippen LogP contribution is 2.18. The summed E-state index contributed by atoms with van der Waals surface area (Å²) in [5.74, 6) is 0. The topological polar surface area (TPSA) is 63.6 Å². The van der Waals surface area contributed by atoms with Crippen molar-refractivity contribution in [2.75, 3.05) is 12.5 Å². The lowest BCUT2D eigenvalue weighted by atomic mass is 10.2. The van der Waals surface area contributed by atoms with E-state index in [2.05, 4.69) is 11.2 Å². The second-order valence-electron chi connectivity index (χ2n) is 3.71. The van der Waals surface area contributed by atoms with Crippen molar-refractivity contribution < 1.29 is 0 Å². The number of nitriles is 1. The van der Waals surface area contributed by atoms with Crippen molar-refractivity contribution in [2.24, 2.45) is 7.05 Å². The van der Waals surface area contributed by atoms with Gasteiger partial charge in [-0.25, -0.2) is 0 Å². The van der Waals surface area contributed by atoms with Gasteiger partial charge >= 0.3 is 0 Å². The molecule has 0 aliphatic heterocycles. The molecular formula is C10H12N4OS. The SMILES string of the molecule is Cn1cc(C#N)c2cnn([SH](C)C)c(=O)c21. The van der Waals surface area contributed by atoms with Crippen molar-refractivity contribution in [3.05, 3.63) is 28.3 Å². The van der Waals surface area contributed by atoms with Gasteiger partial charge in [-0.1, -0.05) is 0 Å². The molecule has 0 saturated heterocycles. The molecule has 84 valence electrons. The highest BCUT2D eigenvalue weighted by Gasteiger charge is 2.12. The van der Waals surface area contributed by atoms with Crippen LogP contribution in [-0.2, 0) is 7.05 Å². The molecule has 6 heteroatoms. The molecule has 2 rings (SSSR count). The van der Waals surface area contributed by atoms with Crippen molar-refractivity contribution in [3.63, 3.8) is 0 Å². The monoisotopic (exact) mass is 236 g/mol. The van der Waals surface area contributed by atoms with E-state index in [1.165, 1.54) is 4.09 Å². The molecule has 0 radical (unpaired) electrons. The highest BCUT2D eigenvalue weighted by atomic mass is 32.2. The van der Waals surface area contributed by atoms with Crippen LogP contribution in [0, 0.1) is 11.3 Å². The van der Waals surface area contributed by atoms with E-state index in [9.17, 15) is 4.79 Å². The van der Waals surface area contributed by atoms with E-state index in [0.29, 0.717) is 16.5 Å². The average Bonchev–Trinajstić information content (AvgIpc) is 2.56. The molecule has 0 aromatic carbocycles. The summed E-state index contributed by atoms with van der Waals surface area (Å²) in [7, 11) is 1.77. The van der Waals surface area contributed by atoms with E-state index in [1.807, 2.05) is 12.5 Å².